The van der Waals surface area contributed by atoms with Crippen molar-refractivity contribution in [3.63, 3.8) is 0 Å². The molecule has 1 saturated heterocycles. The first-order valence-electron chi connectivity index (χ1n) is 11.0. The monoisotopic (exact) mass is 424 g/mol. The molecule has 1 fully saturated rings. The van der Waals surface area contributed by atoms with Gasteiger partial charge in [0.2, 0.25) is 0 Å². The first-order valence-corrected chi connectivity index (χ1v) is 11.0. The van der Waals surface area contributed by atoms with Crippen molar-refractivity contribution < 1.29 is 9.69 Å². The van der Waals surface area contributed by atoms with Gasteiger partial charge in [-0.05, 0) is 24.3 Å². The Morgan fingerprint density at radius 3 is 2.56 bits per heavy atom. The lowest BCUT2D eigenvalue weighted by molar-refractivity contribution is -0.901. The number of hydrogen-bond donors (Lipinski definition) is 2. The van der Waals surface area contributed by atoms with Crippen molar-refractivity contribution in [2.45, 2.75) is 19.0 Å². The number of carbonyl (C=O) groups excluding carboxylic acids is 1. The molecule has 3 heterocycles. The van der Waals surface area contributed by atoms with Crippen LogP contribution in [0.4, 0.5) is 0 Å². The second-order valence-electron chi connectivity index (χ2n) is 8.24. The molecule has 2 atom stereocenters. The predicted molar refractivity (Wildman–Crippen MR) is 124 cm³/mol. The van der Waals surface area contributed by atoms with E-state index < -0.39 is 0 Å². The van der Waals surface area contributed by atoms with Crippen molar-refractivity contribution in [2.75, 3.05) is 13.1 Å². The van der Waals surface area contributed by atoms with Crippen LogP contribution in [0.15, 0.2) is 91.4 Å². The molecule has 2 aromatic carbocycles. The van der Waals surface area contributed by atoms with Gasteiger partial charge in [0.15, 0.2) is 0 Å². The standard InChI is InChI=1S/C26H25N5O/c32-26(28-22-13-15-30(18-22)17-20-8-3-1-4-9-20)24-19-31(23-11-5-2-6-12-23)29-25(24)21-10-7-14-27-16-21/h1-12,14,16,19,22H,13,15,17-18H2,(H,28,32)/p+1/t22-/m0/s1. The summed E-state index contributed by atoms with van der Waals surface area (Å²) in [7, 11) is 0. The van der Waals surface area contributed by atoms with Crippen molar-refractivity contribution in [2.24, 2.45) is 0 Å². The summed E-state index contributed by atoms with van der Waals surface area (Å²) in [6.45, 7) is 2.97. The number of amides is 1. The Morgan fingerprint density at radius 1 is 1.03 bits per heavy atom. The van der Waals surface area contributed by atoms with Crippen LogP contribution in [0.1, 0.15) is 22.3 Å². The maximum Gasteiger partial charge on any atom is 0.255 e. The van der Waals surface area contributed by atoms with Gasteiger partial charge in [0.1, 0.15) is 12.2 Å². The number of pyridine rings is 1. The number of aromatic nitrogens is 3. The normalized spacial score (nSPS) is 17.9. The molecule has 0 radical (unpaired) electrons. The van der Waals surface area contributed by atoms with Gasteiger partial charge in [0, 0.05) is 36.1 Å². The lowest BCUT2D eigenvalue weighted by Gasteiger charge is -2.14. The number of carbonyl (C=O) groups is 1. The third-order valence-electron chi connectivity index (χ3n) is 5.93. The number of nitrogens with one attached hydrogen (secondary N) is 2. The van der Waals surface area contributed by atoms with Crippen molar-refractivity contribution >= 4 is 5.91 Å². The Balaban J connectivity index is 1.34. The summed E-state index contributed by atoms with van der Waals surface area (Å²) in [6.07, 6.45) is 6.26. The third kappa shape index (κ3) is 4.45. The highest BCUT2D eigenvalue weighted by Crippen LogP contribution is 2.23. The van der Waals surface area contributed by atoms with Gasteiger partial charge in [-0.1, -0.05) is 48.5 Å². The molecule has 2 N–H and O–H groups in total. The van der Waals surface area contributed by atoms with Gasteiger partial charge < -0.3 is 10.2 Å². The van der Waals surface area contributed by atoms with Crippen LogP contribution >= 0.6 is 0 Å². The second-order valence-corrected chi connectivity index (χ2v) is 8.24. The zero-order valence-electron chi connectivity index (χ0n) is 17.8. The lowest BCUT2D eigenvalue weighted by Crippen LogP contribution is -3.09. The smallest absolute Gasteiger partial charge is 0.255 e. The first kappa shape index (κ1) is 20.2. The predicted octanol–water partition coefficient (Wildman–Crippen LogP) is 2.52. The summed E-state index contributed by atoms with van der Waals surface area (Å²) in [6, 6.07) is 24.3. The number of benzene rings is 2. The number of hydrogen-bond acceptors (Lipinski definition) is 3. The number of likely N-dealkylation sites (tertiary alicyclic amines) is 1. The first-order chi connectivity index (χ1) is 15.8. The van der Waals surface area contributed by atoms with Crippen LogP contribution in [0.2, 0.25) is 0 Å². The Kier molecular flexibility index (Phi) is 5.77. The van der Waals surface area contributed by atoms with E-state index in [1.54, 1.807) is 17.1 Å². The van der Waals surface area contributed by atoms with Crippen LogP contribution in [-0.2, 0) is 6.54 Å². The minimum absolute atomic E-state index is 0.0861. The Labute approximate surface area is 187 Å². The van der Waals surface area contributed by atoms with E-state index in [0.717, 1.165) is 37.3 Å². The van der Waals surface area contributed by atoms with Crippen LogP contribution < -0.4 is 10.2 Å². The molecule has 0 saturated carbocycles. The van der Waals surface area contributed by atoms with E-state index in [2.05, 4.69) is 34.6 Å². The van der Waals surface area contributed by atoms with Crippen LogP contribution in [-0.4, -0.2) is 39.8 Å². The van der Waals surface area contributed by atoms with E-state index in [1.165, 1.54) is 10.5 Å². The molecule has 5 rings (SSSR count). The molecular formula is C26H26N5O+. The molecule has 6 nitrogen and oxygen atoms in total. The molecular weight excluding hydrogens is 398 g/mol. The Bertz CT molecular complexity index is 1170. The summed E-state index contributed by atoms with van der Waals surface area (Å²) in [5.41, 5.74) is 4.29. The highest BCUT2D eigenvalue weighted by atomic mass is 16.1. The molecule has 6 heteroatoms. The van der Waals surface area contributed by atoms with Gasteiger partial charge in [-0.3, -0.25) is 9.78 Å². The van der Waals surface area contributed by atoms with Crippen LogP contribution in [0.3, 0.4) is 0 Å². The van der Waals surface area contributed by atoms with Gasteiger partial charge >= 0.3 is 0 Å². The minimum atomic E-state index is -0.0861. The fourth-order valence-corrected chi connectivity index (χ4v) is 4.33. The van der Waals surface area contributed by atoms with E-state index in [4.69, 9.17) is 5.10 Å². The van der Waals surface area contributed by atoms with Crippen molar-refractivity contribution in [1.82, 2.24) is 20.1 Å². The topological polar surface area (TPSA) is 64.2 Å². The van der Waals surface area contributed by atoms with Crippen LogP contribution in [0.25, 0.3) is 16.9 Å². The highest BCUT2D eigenvalue weighted by Gasteiger charge is 2.29. The van der Waals surface area contributed by atoms with E-state index >= 15 is 0 Å². The van der Waals surface area contributed by atoms with Gasteiger partial charge in [-0.2, -0.15) is 5.10 Å². The fraction of sp³-hybridized carbons (Fsp3) is 0.192. The summed E-state index contributed by atoms with van der Waals surface area (Å²) in [5, 5.41) is 7.98. The van der Waals surface area contributed by atoms with E-state index in [0.29, 0.717) is 11.3 Å². The van der Waals surface area contributed by atoms with Crippen molar-refractivity contribution in [1.29, 1.82) is 0 Å². The molecule has 1 aliphatic heterocycles. The molecule has 0 bridgehead atoms. The maximum absolute atomic E-state index is 13.3. The third-order valence-corrected chi connectivity index (χ3v) is 5.93. The minimum Gasteiger partial charge on any atom is -0.343 e. The number of rotatable bonds is 6. The fourth-order valence-electron chi connectivity index (χ4n) is 4.33. The lowest BCUT2D eigenvalue weighted by atomic mass is 10.1. The highest BCUT2D eigenvalue weighted by molar-refractivity contribution is 6.00. The Morgan fingerprint density at radius 2 is 1.81 bits per heavy atom. The summed E-state index contributed by atoms with van der Waals surface area (Å²) in [5.74, 6) is -0.0861. The molecule has 1 amide bonds. The Hall–Kier alpha value is -3.77. The van der Waals surface area contributed by atoms with Crippen LogP contribution in [0.5, 0.6) is 0 Å². The maximum atomic E-state index is 13.3. The average molecular weight is 425 g/mol. The van der Waals surface area contributed by atoms with E-state index in [-0.39, 0.29) is 11.9 Å². The largest absolute Gasteiger partial charge is 0.343 e. The van der Waals surface area contributed by atoms with Gasteiger partial charge in [0.25, 0.3) is 5.91 Å². The quantitative estimate of drug-likeness (QED) is 0.500. The van der Waals surface area contributed by atoms with Crippen molar-refractivity contribution in [3.8, 4) is 16.9 Å². The molecule has 0 aliphatic carbocycles. The number of nitrogens with zero attached hydrogens (tertiary/aromatic N) is 3. The zero-order chi connectivity index (χ0) is 21.8. The molecule has 32 heavy (non-hydrogen) atoms. The molecule has 160 valence electrons. The summed E-state index contributed by atoms with van der Waals surface area (Å²) in [4.78, 5) is 19.0. The molecule has 0 spiro atoms. The van der Waals surface area contributed by atoms with E-state index in [1.807, 2.05) is 54.7 Å². The van der Waals surface area contributed by atoms with Crippen molar-refractivity contribution in [3.05, 3.63) is 103 Å². The second kappa shape index (κ2) is 9.16. The average Bonchev–Trinajstić information content (AvgIpc) is 3.48. The zero-order valence-corrected chi connectivity index (χ0v) is 17.8. The SMILES string of the molecule is O=C(N[C@H]1CC[NH+](Cc2ccccc2)C1)c1cn(-c2ccccc2)nc1-c1cccnc1. The molecule has 2 aromatic heterocycles. The van der Waals surface area contributed by atoms with Gasteiger partial charge in [-0.15, -0.1) is 0 Å². The summed E-state index contributed by atoms with van der Waals surface area (Å²) < 4.78 is 1.76. The van der Waals surface area contributed by atoms with E-state index in [9.17, 15) is 4.79 Å². The molecule has 4 aromatic rings. The number of para-hydroxylation sites is 1. The summed E-state index contributed by atoms with van der Waals surface area (Å²) >= 11 is 0. The molecule has 1 unspecified atom stereocenters. The van der Waals surface area contributed by atoms with Crippen LogP contribution in [0, 0.1) is 0 Å². The molecule has 1 aliphatic rings. The number of quaternary nitrogens is 1. The van der Waals surface area contributed by atoms with Gasteiger partial charge in [-0.25, -0.2) is 4.68 Å². The van der Waals surface area contributed by atoms with Gasteiger partial charge in [0.05, 0.1) is 30.4 Å².